The van der Waals surface area contributed by atoms with Gasteiger partial charge in [0.15, 0.2) is 0 Å². The van der Waals surface area contributed by atoms with Gasteiger partial charge >= 0.3 is 0 Å². The van der Waals surface area contributed by atoms with Crippen LogP contribution in [0.15, 0.2) is 60.7 Å². The van der Waals surface area contributed by atoms with Gasteiger partial charge in [-0.2, -0.15) is 0 Å². The van der Waals surface area contributed by atoms with Gasteiger partial charge < -0.3 is 0 Å². The molecule has 1 unspecified atom stereocenters. The lowest BCUT2D eigenvalue weighted by molar-refractivity contribution is 0.294. The molecular weight excluding hydrogens is 439 g/mol. The van der Waals surface area contributed by atoms with E-state index >= 15 is 0 Å². The quantitative estimate of drug-likeness (QED) is 0.388. The Labute approximate surface area is 178 Å². The van der Waals surface area contributed by atoms with Crippen LogP contribution >= 0.6 is 22.6 Å². The number of hydrogen-bond donors (Lipinski definition) is 0. The maximum atomic E-state index is 2.44. The summed E-state index contributed by atoms with van der Waals surface area (Å²) in [6, 6.07) is 16.0. The highest BCUT2D eigenvalue weighted by Crippen LogP contribution is 2.36. The third-order valence-electron chi connectivity index (χ3n) is 5.53. The predicted octanol–water partition coefficient (Wildman–Crippen LogP) is 8.26. The third kappa shape index (κ3) is 4.93. The zero-order chi connectivity index (χ0) is 19.8. The molecule has 2 aromatic rings. The van der Waals surface area contributed by atoms with Gasteiger partial charge in [-0.15, -0.1) is 0 Å². The topological polar surface area (TPSA) is 0 Å². The van der Waals surface area contributed by atoms with E-state index in [0.29, 0.717) is 11.3 Å². The van der Waals surface area contributed by atoms with Crippen LogP contribution in [0.1, 0.15) is 59.1 Å². The van der Waals surface area contributed by atoms with Crippen molar-refractivity contribution in [3.05, 3.63) is 75.4 Å². The van der Waals surface area contributed by atoms with Crippen LogP contribution in [0.3, 0.4) is 0 Å². The fraction of sp³-hybridized carbons (Fsp3) is 0.385. The zero-order valence-corrected chi connectivity index (χ0v) is 19.6. The van der Waals surface area contributed by atoms with Gasteiger partial charge in [-0.25, -0.2) is 0 Å². The van der Waals surface area contributed by atoms with Crippen molar-refractivity contribution in [1.82, 2.24) is 0 Å². The van der Waals surface area contributed by atoms with Crippen LogP contribution in [0.4, 0.5) is 0 Å². The Morgan fingerprint density at radius 3 is 1.96 bits per heavy atom. The standard InChI is InChI=1S/C26H31I/c1-25(2,3)22-11-7-18(8-12-22)20-15-21(17-24(27)16-20)19-9-13-23(14-10-19)26(4,5)6/h7-13,15-17,23H,14H2,1-6H3. The molecule has 0 amide bonds. The molecule has 2 aromatic carbocycles. The largest absolute Gasteiger partial charge is 0.0800 e. The molecule has 0 spiro atoms. The van der Waals surface area contributed by atoms with Crippen molar-refractivity contribution < 1.29 is 0 Å². The SMILES string of the molecule is CC(C)(C)c1ccc(-c2cc(I)cc(C3=CCC(C(C)(C)C)C=C3)c2)cc1. The molecule has 0 fully saturated rings. The van der Waals surface area contributed by atoms with E-state index in [4.69, 9.17) is 0 Å². The highest BCUT2D eigenvalue weighted by Gasteiger charge is 2.23. The molecule has 1 aliphatic rings. The van der Waals surface area contributed by atoms with Crippen LogP contribution in [0.25, 0.3) is 16.7 Å². The Bertz CT molecular complexity index is 868. The summed E-state index contributed by atoms with van der Waals surface area (Å²) < 4.78 is 1.28. The van der Waals surface area contributed by atoms with E-state index in [1.807, 2.05) is 0 Å². The molecule has 0 heterocycles. The van der Waals surface area contributed by atoms with Gasteiger partial charge in [0.2, 0.25) is 0 Å². The van der Waals surface area contributed by atoms with E-state index in [0.717, 1.165) is 6.42 Å². The van der Waals surface area contributed by atoms with E-state index in [2.05, 4.69) is 125 Å². The summed E-state index contributed by atoms with van der Waals surface area (Å²) in [5.74, 6) is 0.619. The van der Waals surface area contributed by atoms with Crippen LogP contribution in [0.2, 0.25) is 0 Å². The van der Waals surface area contributed by atoms with Gasteiger partial charge in [0.05, 0.1) is 0 Å². The van der Waals surface area contributed by atoms with Gasteiger partial charge in [0.25, 0.3) is 0 Å². The summed E-state index contributed by atoms with van der Waals surface area (Å²) in [7, 11) is 0. The second-order valence-corrected chi connectivity index (χ2v) is 11.0. The minimum absolute atomic E-state index is 0.191. The summed E-state index contributed by atoms with van der Waals surface area (Å²) in [5.41, 5.74) is 7.14. The van der Waals surface area contributed by atoms with E-state index in [1.54, 1.807) is 0 Å². The van der Waals surface area contributed by atoms with Crippen molar-refractivity contribution in [3.8, 4) is 11.1 Å². The molecule has 0 saturated heterocycles. The average Bonchev–Trinajstić information content (AvgIpc) is 2.60. The second-order valence-electron chi connectivity index (χ2n) is 9.78. The van der Waals surface area contributed by atoms with Gasteiger partial charge in [0, 0.05) is 3.57 Å². The van der Waals surface area contributed by atoms with Crippen LogP contribution in [-0.2, 0) is 5.41 Å². The van der Waals surface area contributed by atoms with Gasteiger partial charge in [-0.3, -0.25) is 0 Å². The molecule has 0 saturated carbocycles. The number of halogens is 1. The molecule has 0 bridgehead atoms. The number of benzene rings is 2. The van der Waals surface area contributed by atoms with Crippen LogP contribution in [0, 0.1) is 14.9 Å². The molecule has 3 rings (SSSR count). The summed E-state index contributed by atoms with van der Waals surface area (Å²) in [6.45, 7) is 13.8. The van der Waals surface area contributed by atoms with Gasteiger partial charge in [-0.1, -0.05) is 84.0 Å². The summed E-state index contributed by atoms with van der Waals surface area (Å²) in [4.78, 5) is 0. The van der Waals surface area contributed by atoms with Crippen LogP contribution in [-0.4, -0.2) is 0 Å². The summed E-state index contributed by atoms with van der Waals surface area (Å²) in [5, 5.41) is 0. The highest BCUT2D eigenvalue weighted by atomic mass is 127. The molecule has 1 heteroatoms. The smallest absolute Gasteiger partial charge is 0.0142 e. The Morgan fingerprint density at radius 2 is 1.44 bits per heavy atom. The first-order chi connectivity index (χ1) is 12.5. The first kappa shape index (κ1) is 20.4. The van der Waals surface area contributed by atoms with Crippen molar-refractivity contribution >= 4 is 28.2 Å². The minimum Gasteiger partial charge on any atom is -0.0800 e. The van der Waals surface area contributed by atoms with E-state index < -0.39 is 0 Å². The lowest BCUT2D eigenvalue weighted by atomic mass is 9.76. The monoisotopic (exact) mass is 470 g/mol. The first-order valence-electron chi connectivity index (χ1n) is 9.84. The molecule has 27 heavy (non-hydrogen) atoms. The molecule has 0 radical (unpaired) electrons. The highest BCUT2D eigenvalue weighted by molar-refractivity contribution is 14.1. The predicted molar refractivity (Wildman–Crippen MR) is 128 cm³/mol. The fourth-order valence-corrected chi connectivity index (χ4v) is 4.23. The Balaban J connectivity index is 1.90. The lowest BCUT2D eigenvalue weighted by Gasteiger charge is -2.29. The maximum Gasteiger partial charge on any atom is 0.0142 e. The molecule has 0 aromatic heterocycles. The summed E-state index contributed by atoms with van der Waals surface area (Å²) in [6.07, 6.45) is 8.24. The number of rotatable bonds is 2. The normalized spacial score (nSPS) is 17.7. The minimum atomic E-state index is 0.191. The maximum absolute atomic E-state index is 2.44. The number of hydrogen-bond acceptors (Lipinski definition) is 0. The Morgan fingerprint density at radius 1 is 0.815 bits per heavy atom. The molecule has 1 aliphatic carbocycles. The fourth-order valence-electron chi connectivity index (χ4n) is 3.56. The van der Waals surface area contributed by atoms with E-state index in [-0.39, 0.29) is 5.41 Å². The van der Waals surface area contributed by atoms with Crippen LogP contribution in [0.5, 0.6) is 0 Å². The second kappa shape index (κ2) is 7.58. The molecule has 0 aliphatic heterocycles. The third-order valence-corrected chi connectivity index (χ3v) is 6.15. The molecule has 142 valence electrons. The summed E-state index contributed by atoms with van der Waals surface area (Å²) >= 11 is 2.44. The van der Waals surface area contributed by atoms with Crippen molar-refractivity contribution in [3.63, 3.8) is 0 Å². The van der Waals surface area contributed by atoms with E-state index in [1.165, 1.54) is 31.4 Å². The van der Waals surface area contributed by atoms with Crippen molar-refractivity contribution in [1.29, 1.82) is 0 Å². The van der Waals surface area contributed by atoms with Gasteiger partial charge in [-0.05, 0) is 91.8 Å². The van der Waals surface area contributed by atoms with E-state index in [9.17, 15) is 0 Å². The molecule has 0 N–H and O–H groups in total. The lowest BCUT2D eigenvalue weighted by Crippen LogP contribution is -2.19. The average molecular weight is 470 g/mol. The van der Waals surface area contributed by atoms with Gasteiger partial charge in [0.1, 0.15) is 0 Å². The Kier molecular flexibility index (Phi) is 5.72. The molecule has 1 atom stereocenters. The number of allylic oxidation sites excluding steroid dienone is 4. The van der Waals surface area contributed by atoms with Crippen LogP contribution < -0.4 is 0 Å². The first-order valence-corrected chi connectivity index (χ1v) is 10.9. The molecule has 0 nitrogen and oxygen atoms in total. The zero-order valence-electron chi connectivity index (χ0n) is 17.4. The van der Waals surface area contributed by atoms with Crippen molar-refractivity contribution in [2.24, 2.45) is 11.3 Å². The van der Waals surface area contributed by atoms with Crippen molar-refractivity contribution in [2.75, 3.05) is 0 Å². The molecular formula is C26H31I. The van der Waals surface area contributed by atoms with Crippen molar-refractivity contribution in [2.45, 2.75) is 53.4 Å². The Hall–Kier alpha value is -1.35.